The average Bonchev–Trinajstić information content (AvgIpc) is 2.76. The van der Waals surface area contributed by atoms with Crippen LogP contribution in [-0.4, -0.2) is 22.4 Å². The molecule has 0 spiro atoms. The summed E-state index contributed by atoms with van der Waals surface area (Å²) in [5.41, 5.74) is 0.910. The summed E-state index contributed by atoms with van der Waals surface area (Å²) < 4.78 is 7.77. The van der Waals surface area contributed by atoms with Gasteiger partial charge in [0.2, 0.25) is 0 Å². The van der Waals surface area contributed by atoms with Crippen molar-refractivity contribution in [1.29, 1.82) is 0 Å². The lowest BCUT2D eigenvalue weighted by Gasteiger charge is -2.26. The lowest BCUT2D eigenvalue weighted by molar-refractivity contribution is 0.167. The molecular formula is C15H19Cl2N3O. The molecule has 2 aromatic rings. The van der Waals surface area contributed by atoms with E-state index in [2.05, 4.69) is 10.4 Å². The van der Waals surface area contributed by atoms with Gasteiger partial charge in [-0.2, -0.15) is 5.10 Å². The van der Waals surface area contributed by atoms with Gasteiger partial charge in [-0.05, 0) is 31.7 Å². The standard InChI is InChI=1S/C15H19Cl2N3O/c1-4-18-14(15-13(17)9-19-20(15)3)10(2)21-12-7-5-6-11(16)8-12/h5-10,14,18H,4H2,1-3H3. The lowest BCUT2D eigenvalue weighted by atomic mass is 10.1. The van der Waals surface area contributed by atoms with Crippen LogP contribution in [0.1, 0.15) is 25.6 Å². The molecule has 2 unspecified atom stereocenters. The molecular weight excluding hydrogens is 309 g/mol. The molecule has 0 amide bonds. The molecule has 0 aliphatic heterocycles. The molecule has 0 radical (unpaired) electrons. The second kappa shape index (κ2) is 7.16. The second-order valence-electron chi connectivity index (χ2n) is 4.82. The number of nitrogens with zero attached hydrogens (tertiary/aromatic N) is 2. The predicted octanol–water partition coefficient (Wildman–Crippen LogP) is 3.85. The Morgan fingerprint density at radius 2 is 2.14 bits per heavy atom. The Kier molecular flexibility index (Phi) is 5.51. The predicted molar refractivity (Wildman–Crippen MR) is 86.2 cm³/mol. The maximum Gasteiger partial charge on any atom is 0.121 e. The zero-order valence-electron chi connectivity index (χ0n) is 12.3. The molecule has 1 N–H and O–H groups in total. The summed E-state index contributed by atoms with van der Waals surface area (Å²) in [7, 11) is 1.87. The van der Waals surface area contributed by atoms with Gasteiger partial charge in [-0.15, -0.1) is 0 Å². The molecule has 1 heterocycles. The summed E-state index contributed by atoms with van der Waals surface area (Å²) in [6.07, 6.45) is 1.52. The Morgan fingerprint density at radius 1 is 1.38 bits per heavy atom. The van der Waals surface area contributed by atoms with Crippen molar-refractivity contribution >= 4 is 23.2 Å². The van der Waals surface area contributed by atoms with Crippen LogP contribution in [0.3, 0.4) is 0 Å². The smallest absolute Gasteiger partial charge is 0.121 e. The van der Waals surface area contributed by atoms with E-state index in [4.69, 9.17) is 27.9 Å². The molecule has 6 heteroatoms. The first-order valence-corrected chi connectivity index (χ1v) is 7.61. The summed E-state index contributed by atoms with van der Waals surface area (Å²) in [5, 5.41) is 8.87. The van der Waals surface area contributed by atoms with Crippen molar-refractivity contribution in [1.82, 2.24) is 15.1 Å². The van der Waals surface area contributed by atoms with Crippen LogP contribution in [-0.2, 0) is 7.05 Å². The fourth-order valence-corrected chi connectivity index (χ4v) is 2.76. The van der Waals surface area contributed by atoms with E-state index in [9.17, 15) is 0 Å². The Morgan fingerprint density at radius 3 is 2.71 bits per heavy atom. The number of halogens is 2. The SMILES string of the molecule is CCNC(c1c(Cl)cnn1C)C(C)Oc1cccc(Cl)c1. The highest BCUT2D eigenvalue weighted by Crippen LogP contribution is 2.28. The first-order chi connectivity index (χ1) is 10.0. The van der Waals surface area contributed by atoms with E-state index in [1.54, 1.807) is 16.9 Å². The molecule has 21 heavy (non-hydrogen) atoms. The van der Waals surface area contributed by atoms with Crippen LogP contribution in [0.4, 0.5) is 0 Å². The summed E-state index contributed by atoms with van der Waals surface area (Å²) in [6, 6.07) is 7.30. The van der Waals surface area contributed by atoms with Crippen molar-refractivity contribution < 1.29 is 4.74 Å². The van der Waals surface area contributed by atoms with E-state index in [-0.39, 0.29) is 12.1 Å². The highest BCUT2D eigenvalue weighted by molar-refractivity contribution is 6.31. The Balaban J connectivity index is 2.22. The molecule has 2 rings (SSSR count). The molecule has 1 aromatic heterocycles. The molecule has 0 aliphatic carbocycles. The largest absolute Gasteiger partial charge is 0.489 e. The van der Waals surface area contributed by atoms with Crippen molar-refractivity contribution in [3.8, 4) is 5.75 Å². The quantitative estimate of drug-likeness (QED) is 0.875. The molecule has 1 aromatic carbocycles. The van der Waals surface area contributed by atoms with Crippen LogP contribution in [0, 0.1) is 0 Å². The van der Waals surface area contributed by atoms with Crippen molar-refractivity contribution in [2.24, 2.45) is 7.05 Å². The average molecular weight is 328 g/mol. The van der Waals surface area contributed by atoms with Crippen molar-refractivity contribution in [3.63, 3.8) is 0 Å². The van der Waals surface area contributed by atoms with Gasteiger partial charge in [-0.3, -0.25) is 4.68 Å². The topological polar surface area (TPSA) is 39.1 Å². The van der Waals surface area contributed by atoms with Crippen LogP contribution in [0.2, 0.25) is 10.0 Å². The third-order valence-electron chi connectivity index (χ3n) is 3.24. The van der Waals surface area contributed by atoms with Gasteiger partial charge in [0.1, 0.15) is 11.9 Å². The van der Waals surface area contributed by atoms with E-state index in [0.29, 0.717) is 10.0 Å². The van der Waals surface area contributed by atoms with Crippen LogP contribution < -0.4 is 10.1 Å². The number of hydrogen-bond acceptors (Lipinski definition) is 3. The number of aromatic nitrogens is 2. The monoisotopic (exact) mass is 327 g/mol. The van der Waals surface area contributed by atoms with Gasteiger partial charge in [-0.25, -0.2) is 0 Å². The van der Waals surface area contributed by atoms with Crippen molar-refractivity contribution in [2.75, 3.05) is 6.54 Å². The maximum atomic E-state index is 6.25. The first kappa shape index (κ1) is 16.1. The summed E-state index contributed by atoms with van der Waals surface area (Å²) in [4.78, 5) is 0. The van der Waals surface area contributed by atoms with Crippen LogP contribution in [0.15, 0.2) is 30.5 Å². The highest BCUT2D eigenvalue weighted by Gasteiger charge is 2.25. The number of aryl methyl sites for hydroxylation is 1. The van der Waals surface area contributed by atoms with E-state index < -0.39 is 0 Å². The van der Waals surface area contributed by atoms with Crippen LogP contribution in [0.25, 0.3) is 0 Å². The van der Waals surface area contributed by atoms with E-state index in [1.165, 1.54) is 0 Å². The number of ether oxygens (including phenoxy) is 1. The van der Waals surface area contributed by atoms with Gasteiger partial charge < -0.3 is 10.1 Å². The van der Waals surface area contributed by atoms with Gasteiger partial charge in [0.05, 0.1) is 23.0 Å². The molecule has 0 aliphatic rings. The lowest BCUT2D eigenvalue weighted by Crippen LogP contribution is -2.35. The van der Waals surface area contributed by atoms with Gasteiger partial charge in [0.25, 0.3) is 0 Å². The molecule has 0 saturated carbocycles. The zero-order valence-corrected chi connectivity index (χ0v) is 13.8. The molecule has 0 bridgehead atoms. The van der Waals surface area contributed by atoms with E-state index in [1.807, 2.05) is 39.1 Å². The summed E-state index contributed by atoms with van der Waals surface area (Å²) in [6.45, 7) is 4.84. The maximum absolute atomic E-state index is 6.25. The third kappa shape index (κ3) is 3.90. The van der Waals surface area contributed by atoms with Crippen LogP contribution in [0.5, 0.6) is 5.75 Å². The van der Waals surface area contributed by atoms with E-state index in [0.717, 1.165) is 18.0 Å². The minimum Gasteiger partial charge on any atom is -0.489 e. The number of likely N-dealkylation sites (N-methyl/N-ethyl adjacent to an activating group) is 1. The second-order valence-corrected chi connectivity index (χ2v) is 5.66. The highest BCUT2D eigenvalue weighted by atomic mass is 35.5. The van der Waals surface area contributed by atoms with Gasteiger partial charge in [0, 0.05) is 12.1 Å². The molecule has 2 atom stereocenters. The summed E-state index contributed by atoms with van der Waals surface area (Å²) in [5.74, 6) is 0.733. The van der Waals surface area contributed by atoms with E-state index >= 15 is 0 Å². The normalized spacial score (nSPS) is 14.0. The van der Waals surface area contributed by atoms with Crippen molar-refractivity contribution in [3.05, 3.63) is 46.2 Å². The molecule has 114 valence electrons. The number of nitrogens with one attached hydrogen (secondary N) is 1. The van der Waals surface area contributed by atoms with Crippen molar-refractivity contribution in [2.45, 2.75) is 26.0 Å². The molecule has 0 fully saturated rings. The Hall–Kier alpha value is -1.23. The zero-order chi connectivity index (χ0) is 15.4. The Labute approximate surface area is 135 Å². The molecule has 0 saturated heterocycles. The minimum absolute atomic E-state index is 0.0611. The number of hydrogen-bond donors (Lipinski definition) is 1. The van der Waals surface area contributed by atoms with Crippen LogP contribution >= 0.6 is 23.2 Å². The first-order valence-electron chi connectivity index (χ1n) is 6.86. The van der Waals surface area contributed by atoms with Gasteiger partial charge in [0.15, 0.2) is 0 Å². The third-order valence-corrected chi connectivity index (χ3v) is 3.77. The number of benzene rings is 1. The minimum atomic E-state index is -0.128. The fraction of sp³-hybridized carbons (Fsp3) is 0.400. The Bertz CT molecular complexity index is 581. The van der Waals surface area contributed by atoms with Gasteiger partial charge >= 0.3 is 0 Å². The fourth-order valence-electron chi connectivity index (χ4n) is 2.30. The van der Waals surface area contributed by atoms with Gasteiger partial charge in [-0.1, -0.05) is 36.2 Å². The summed E-state index contributed by atoms with van der Waals surface area (Å²) >= 11 is 12.2. The molecule has 4 nitrogen and oxygen atoms in total. The number of rotatable bonds is 6.